The van der Waals surface area contributed by atoms with Gasteiger partial charge in [-0.2, -0.15) is 0 Å². The van der Waals surface area contributed by atoms with Crippen LogP contribution in [-0.4, -0.2) is 0 Å². The maximum absolute atomic E-state index is 11.8. The van der Waals surface area contributed by atoms with Gasteiger partial charge in [0, 0.05) is 21.7 Å². The van der Waals surface area contributed by atoms with E-state index >= 15 is 0 Å². The molecule has 6 heteroatoms. The molecule has 0 fully saturated rings. The predicted molar refractivity (Wildman–Crippen MR) is 88.3 cm³/mol. The van der Waals surface area contributed by atoms with Gasteiger partial charge in [-0.15, -0.1) is 0 Å². The van der Waals surface area contributed by atoms with E-state index in [9.17, 15) is 4.79 Å². The Kier molecular flexibility index (Phi) is 4.30. The molecule has 3 nitrogen and oxygen atoms in total. The second kappa shape index (κ2) is 6.21. The molecule has 0 amide bonds. The van der Waals surface area contributed by atoms with E-state index in [2.05, 4.69) is 0 Å². The van der Waals surface area contributed by atoms with Crippen molar-refractivity contribution in [1.82, 2.24) is 0 Å². The van der Waals surface area contributed by atoms with E-state index in [-0.39, 0.29) is 17.1 Å². The van der Waals surface area contributed by atoms with Gasteiger partial charge in [0.05, 0.1) is 5.39 Å². The van der Waals surface area contributed by atoms with Crippen molar-refractivity contribution in [2.24, 2.45) is 0 Å². The number of hydrogen-bond acceptors (Lipinski definition) is 3. The van der Waals surface area contributed by atoms with E-state index in [1.807, 2.05) is 0 Å². The number of benzene rings is 2. The predicted octanol–water partition coefficient (Wildman–Crippen LogP) is 5.33. The van der Waals surface area contributed by atoms with Crippen molar-refractivity contribution in [2.75, 3.05) is 0 Å². The molecule has 0 aliphatic heterocycles. The molecule has 0 bridgehead atoms. The summed E-state index contributed by atoms with van der Waals surface area (Å²) in [7, 11) is 0. The summed E-state index contributed by atoms with van der Waals surface area (Å²) in [5.41, 5.74) is 0.952. The fourth-order valence-electron chi connectivity index (χ4n) is 1.97. The van der Waals surface area contributed by atoms with Crippen LogP contribution in [0.25, 0.3) is 11.0 Å². The minimum absolute atomic E-state index is 0.0501. The molecule has 22 heavy (non-hydrogen) atoms. The molecule has 2 aromatic carbocycles. The van der Waals surface area contributed by atoms with Crippen LogP contribution in [0.2, 0.25) is 15.1 Å². The lowest BCUT2D eigenvalue weighted by molar-refractivity contribution is 0.306. The maximum atomic E-state index is 11.8. The van der Waals surface area contributed by atoms with E-state index < -0.39 is 0 Å². The largest absolute Gasteiger partial charge is 0.489 e. The van der Waals surface area contributed by atoms with Crippen LogP contribution in [0.3, 0.4) is 0 Å². The minimum Gasteiger partial charge on any atom is -0.489 e. The van der Waals surface area contributed by atoms with Gasteiger partial charge in [-0.3, -0.25) is 4.79 Å². The van der Waals surface area contributed by atoms with Gasteiger partial charge in [0.2, 0.25) is 5.43 Å². The van der Waals surface area contributed by atoms with Crippen LogP contribution in [-0.2, 0) is 6.61 Å². The van der Waals surface area contributed by atoms with Gasteiger partial charge in [-0.25, -0.2) is 0 Å². The number of hydrogen-bond donors (Lipinski definition) is 0. The molecule has 0 saturated heterocycles. The van der Waals surface area contributed by atoms with Gasteiger partial charge in [0.25, 0.3) is 0 Å². The Morgan fingerprint density at radius 2 is 1.82 bits per heavy atom. The minimum atomic E-state index is -0.268. The van der Waals surface area contributed by atoms with Gasteiger partial charge in [0.1, 0.15) is 29.2 Å². The molecule has 1 heterocycles. The van der Waals surface area contributed by atoms with Gasteiger partial charge in [-0.05, 0) is 24.3 Å². The van der Waals surface area contributed by atoms with Crippen molar-refractivity contribution in [2.45, 2.75) is 6.61 Å². The van der Waals surface area contributed by atoms with E-state index in [4.69, 9.17) is 44.0 Å². The zero-order valence-corrected chi connectivity index (χ0v) is 13.4. The second-order valence-corrected chi connectivity index (χ2v) is 5.85. The van der Waals surface area contributed by atoms with Crippen LogP contribution in [0.4, 0.5) is 0 Å². The highest BCUT2D eigenvalue weighted by Crippen LogP contribution is 2.24. The summed E-state index contributed by atoms with van der Waals surface area (Å²) in [6, 6.07) is 10.1. The molecule has 0 aliphatic rings. The van der Waals surface area contributed by atoms with Crippen LogP contribution in [0.15, 0.2) is 51.9 Å². The molecule has 3 aromatic rings. The van der Waals surface area contributed by atoms with E-state index in [0.29, 0.717) is 26.8 Å². The van der Waals surface area contributed by atoms with Crippen molar-refractivity contribution >= 4 is 45.8 Å². The Labute approximate surface area is 141 Å². The smallest absolute Gasteiger partial charge is 0.211 e. The molecule has 0 aliphatic carbocycles. The number of ether oxygens (including phenoxy) is 1. The number of fused-ring (bicyclic) bond motifs is 1. The summed E-state index contributed by atoms with van der Waals surface area (Å²) < 4.78 is 11.0. The first-order chi connectivity index (χ1) is 10.5. The zero-order chi connectivity index (χ0) is 15.7. The lowest BCUT2D eigenvalue weighted by Crippen LogP contribution is -2.01. The van der Waals surface area contributed by atoms with E-state index in [1.54, 1.807) is 36.4 Å². The second-order valence-electron chi connectivity index (χ2n) is 4.60. The highest BCUT2D eigenvalue weighted by Gasteiger charge is 2.07. The Bertz CT molecular complexity index is 903. The molecule has 1 aromatic heterocycles. The molecule has 0 unspecified atom stereocenters. The number of halogens is 3. The highest BCUT2D eigenvalue weighted by atomic mass is 35.5. The first-order valence-electron chi connectivity index (χ1n) is 6.32. The molecule has 0 atom stereocenters. The monoisotopic (exact) mass is 354 g/mol. The van der Waals surface area contributed by atoms with Crippen molar-refractivity contribution in [3.63, 3.8) is 0 Å². The first kappa shape index (κ1) is 15.2. The summed E-state index contributed by atoms with van der Waals surface area (Å²) >= 11 is 17.7. The lowest BCUT2D eigenvalue weighted by Gasteiger charge is -2.08. The molecule has 3 rings (SSSR count). The van der Waals surface area contributed by atoms with Gasteiger partial charge in [-0.1, -0.05) is 40.9 Å². The Morgan fingerprint density at radius 3 is 2.59 bits per heavy atom. The van der Waals surface area contributed by atoms with Crippen LogP contribution < -0.4 is 10.2 Å². The summed E-state index contributed by atoms with van der Waals surface area (Å²) in [5.74, 6) is 0.559. The van der Waals surface area contributed by atoms with Gasteiger partial charge >= 0.3 is 0 Å². The van der Waals surface area contributed by atoms with Crippen LogP contribution in [0.1, 0.15) is 5.56 Å². The van der Waals surface area contributed by atoms with Crippen molar-refractivity contribution in [3.8, 4) is 5.75 Å². The Balaban J connectivity index is 1.85. The average Bonchev–Trinajstić information content (AvgIpc) is 2.50. The third-order valence-electron chi connectivity index (χ3n) is 3.11. The maximum Gasteiger partial charge on any atom is 0.211 e. The summed E-state index contributed by atoms with van der Waals surface area (Å²) in [6.07, 6.45) is 1.21. The van der Waals surface area contributed by atoms with E-state index in [0.717, 1.165) is 5.56 Å². The average molecular weight is 356 g/mol. The van der Waals surface area contributed by atoms with Gasteiger partial charge in [0.15, 0.2) is 0 Å². The fraction of sp³-hybridized carbons (Fsp3) is 0.0625. The summed E-state index contributed by atoms with van der Waals surface area (Å²) in [6.45, 7) is 0.277. The quantitative estimate of drug-likeness (QED) is 0.637. The summed E-state index contributed by atoms with van der Waals surface area (Å²) in [5, 5.41) is 1.56. The molecule has 0 radical (unpaired) electrons. The van der Waals surface area contributed by atoms with Crippen molar-refractivity contribution < 1.29 is 9.15 Å². The van der Waals surface area contributed by atoms with Crippen LogP contribution in [0, 0.1) is 0 Å². The standard InChI is InChI=1S/C16H9Cl3O3/c17-10-2-1-9(13(18)5-10)7-21-11-3-4-12-15(6-11)22-8-14(19)16(12)20/h1-6,8H,7H2. The fourth-order valence-corrected chi connectivity index (χ4v) is 2.58. The van der Waals surface area contributed by atoms with Crippen molar-refractivity contribution in [1.29, 1.82) is 0 Å². The molecule has 112 valence electrons. The molecular formula is C16H9Cl3O3. The SMILES string of the molecule is O=c1c(Cl)coc2cc(OCc3ccc(Cl)cc3Cl)ccc12. The normalized spacial score (nSPS) is 10.9. The highest BCUT2D eigenvalue weighted by molar-refractivity contribution is 6.35. The Morgan fingerprint density at radius 1 is 1.00 bits per heavy atom. The van der Waals surface area contributed by atoms with E-state index in [1.165, 1.54) is 6.26 Å². The molecule has 0 spiro atoms. The summed E-state index contributed by atoms with van der Waals surface area (Å²) in [4.78, 5) is 11.8. The first-order valence-corrected chi connectivity index (χ1v) is 7.46. The molecular weight excluding hydrogens is 347 g/mol. The van der Waals surface area contributed by atoms with Crippen molar-refractivity contribution in [3.05, 3.63) is 73.5 Å². The lowest BCUT2D eigenvalue weighted by atomic mass is 10.2. The zero-order valence-electron chi connectivity index (χ0n) is 11.1. The molecule has 0 saturated carbocycles. The third-order valence-corrected chi connectivity index (χ3v) is 3.96. The van der Waals surface area contributed by atoms with Crippen LogP contribution in [0.5, 0.6) is 5.75 Å². The molecule has 0 N–H and O–H groups in total. The van der Waals surface area contributed by atoms with Gasteiger partial charge < -0.3 is 9.15 Å². The third kappa shape index (κ3) is 3.07. The Hall–Kier alpha value is -1.68. The number of rotatable bonds is 3. The van der Waals surface area contributed by atoms with Crippen LogP contribution >= 0.6 is 34.8 Å². The topological polar surface area (TPSA) is 39.4 Å².